The third kappa shape index (κ3) is 5.33. The highest BCUT2D eigenvalue weighted by Crippen LogP contribution is 2.14. The van der Waals surface area contributed by atoms with Gasteiger partial charge in [0.2, 0.25) is 5.95 Å². The number of anilines is 1. The minimum atomic E-state index is -0.241. The van der Waals surface area contributed by atoms with E-state index in [1.54, 1.807) is 25.2 Å². The van der Waals surface area contributed by atoms with Crippen molar-refractivity contribution in [1.82, 2.24) is 25.1 Å². The smallest absolute Gasteiger partial charge is 0.274 e. The summed E-state index contributed by atoms with van der Waals surface area (Å²) in [5.41, 5.74) is 3.24. The molecule has 3 N–H and O–H groups in total. The molecule has 9 heteroatoms. The van der Waals surface area contributed by atoms with Crippen LogP contribution in [0.3, 0.4) is 0 Å². The van der Waals surface area contributed by atoms with Crippen molar-refractivity contribution in [1.29, 1.82) is 0 Å². The van der Waals surface area contributed by atoms with Crippen molar-refractivity contribution >= 4 is 17.7 Å². The minimum absolute atomic E-state index is 0.241. The van der Waals surface area contributed by atoms with E-state index in [0.29, 0.717) is 24.6 Å². The number of aromatic nitrogens is 5. The van der Waals surface area contributed by atoms with E-state index in [-0.39, 0.29) is 5.56 Å². The van der Waals surface area contributed by atoms with Gasteiger partial charge in [-0.2, -0.15) is 11.8 Å². The van der Waals surface area contributed by atoms with Crippen molar-refractivity contribution in [2.75, 3.05) is 24.7 Å². The fourth-order valence-corrected chi connectivity index (χ4v) is 3.35. The molecule has 0 amide bonds. The molecule has 0 aliphatic carbocycles. The second kappa shape index (κ2) is 9.22. The van der Waals surface area contributed by atoms with Gasteiger partial charge in [0.25, 0.3) is 5.56 Å². The Morgan fingerprint density at radius 1 is 1.26 bits per heavy atom. The van der Waals surface area contributed by atoms with Crippen LogP contribution >= 0.6 is 11.8 Å². The van der Waals surface area contributed by atoms with Gasteiger partial charge >= 0.3 is 0 Å². The molecular formula is C18H22N6O2S. The molecule has 0 aliphatic rings. The summed E-state index contributed by atoms with van der Waals surface area (Å²) < 4.78 is 5.20. The topological polar surface area (TPSA) is 109 Å². The monoisotopic (exact) mass is 386 g/mol. The number of nitrogens with zero attached hydrogens (tertiary/aromatic N) is 3. The number of hydrogen-bond acceptors (Lipinski definition) is 7. The molecule has 3 rings (SSSR count). The summed E-state index contributed by atoms with van der Waals surface area (Å²) in [5, 5.41) is 11.2. The Kier molecular flexibility index (Phi) is 6.48. The Balaban J connectivity index is 1.49. The van der Waals surface area contributed by atoms with E-state index >= 15 is 0 Å². The lowest BCUT2D eigenvalue weighted by molar-refractivity contribution is 0.414. The Bertz CT molecular complexity index is 939. The maximum Gasteiger partial charge on any atom is 0.274 e. The fourth-order valence-electron chi connectivity index (χ4n) is 2.47. The molecule has 0 bridgehead atoms. The predicted octanol–water partition coefficient (Wildman–Crippen LogP) is 2.14. The number of nitrogens with one attached hydrogen (secondary N) is 3. The Hall–Kier alpha value is -2.81. The van der Waals surface area contributed by atoms with E-state index < -0.39 is 0 Å². The predicted molar refractivity (Wildman–Crippen MR) is 106 cm³/mol. The first kappa shape index (κ1) is 19.0. The van der Waals surface area contributed by atoms with Crippen LogP contribution in [0.4, 0.5) is 5.95 Å². The highest BCUT2D eigenvalue weighted by Gasteiger charge is 2.07. The molecule has 0 aliphatic heterocycles. The quantitative estimate of drug-likeness (QED) is 0.484. The molecule has 27 heavy (non-hydrogen) atoms. The van der Waals surface area contributed by atoms with Gasteiger partial charge in [-0.15, -0.1) is 10.2 Å². The molecule has 1 aromatic carbocycles. The summed E-state index contributed by atoms with van der Waals surface area (Å²) in [5.74, 6) is 2.84. The maximum atomic E-state index is 12.2. The molecule has 0 atom stereocenters. The van der Waals surface area contributed by atoms with Crippen molar-refractivity contribution in [2.24, 2.45) is 0 Å². The molecule has 2 aromatic heterocycles. The summed E-state index contributed by atoms with van der Waals surface area (Å²) in [4.78, 5) is 22.3. The van der Waals surface area contributed by atoms with E-state index in [4.69, 9.17) is 4.74 Å². The molecule has 8 nitrogen and oxygen atoms in total. The molecule has 0 saturated carbocycles. The van der Waals surface area contributed by atoms with Crippen molar-refractivity contribution in [2.45, 2.75) is 19.1 Å². The van der Waals surface area contributed by atoms with Gasteiger partial charge in [-0.05, 0) is 24.6 Å². The van der Waals surface area contributed by atoms with Gasteiger partial charge in [-0.25, -0.2) is 4.98 Å². The zero-order chi connectivity index (χ0) is 19.1. The van der Waals surface area contributed by atoms with Crippen molar-refractivity contribution in [3.8, 4) is 5.75 Å². The lowest BCUT2D eigenvalue weighted by atomic mass is 10.1. The van der Waals surface area contributed by atoms with Crippen LogP contribution in [-0.4, -0.2) is 44.6 Å². The van der Waals surface area contributed by atoms with Crippen LogP contribution in [0.15, 0.2) is 35.4 Å². The molecule has 3 aromatic rings. The normalized spacial score (nSPS) is 10.7. The summed E-state index contributed by atoms with van der Waals surface area (Å²) in [6.45, 7) is 2.68. The number of ether oxygens (including phenoxy) is 1. The number of hydrogen-bond donors (Lipinski definition) is 3. The van der Waals surface area contributed by atoms with Gasteiger partial charge in [0.05, 0.1) is 19.1 Å². The van der Waals surface area contributed by atoms with Crippen LogP contribution in [-0.2, 0) is 12.2 Å². The van der Waals surface area contributed by atoms with Crippen LogP contribution in [0, 0.1) is 6.92 Å². The van der Waals surface area contributed by atoms with Crippen molar-refractivity contribution in [3.05, 3.63) is 63.6 Å². The van der Waals surface area contributed by atoms with E-state index in [9.17, 15) is 4.79 Å². The molecule has 142 valence electrons. The SMILES string of the molecule is COc1cccc(Cc2nnc(NCCSCc3nc[nH]c3C)[nH]c2=O)c1. The Morgan fingerprint density at radius 2 is 2.15 bits per heavy atom. The van der Waals surface area contributed by atoms with Gasteiger partial charge in [0.15, 0.2) is 0 Å². The van der Waals surface area contributed by atoms with Crippen molar-refractivity contribution < 1.29 is 4.74 Å². The highest BCUT2D eigenvalue weighted by molar-refractivity contribution is 7.98. The molecule has 2 heterocycles. The lowest BCUT2D eigenvalue weighted by Crippen LogP contribution is -2.20. The van der Waals surface area contributed by atoms with Crippen LogP contribution in [0.1, 0.15) is 22.6 Å². The number of imidazole rings is 1. The maximum absolute atomic E-state index is 12.2. The summed E-state index contributed by atoms with van der Waals surface area (Å²) in [7, 11) is 1.61. The number of methoxy groups -OCH3 is 1. The third-order valence-corrected chi connectivity index (χ3v) is 4.95. The second-order valence-electron chi connectivity index (χ2n) is 5.93. The first-order valence-electron chi connectivity index (χ1n) is 8.55. The van der Waals surface area contributed by atoms with E-state index in [2.05, 4.69) is 30.5 Å². The number of H-pyrrole nitrogens is 2. The van der Waals surface area contributed by atoms with Crippen LogP contribution in [0.2, 0.25) is 0 Å². The number of benzene rings is 1. The molecule has 0 saturated heterocycles. The van der Waals surface area contributed by atoms with Crippen molar-refractivity contribution in [3.63, 3.8) is 0 Å². The zero-order valence-corrected chi connectivity index (χ0v) is 16.1. The summed E-state index contributed by atoms with van der Waals surface area (Å²) >= 11 is 1.76. The van der Waals surface area contributed by atoms with E-state index in [1.165, 1.54) is 0 Å². The Morgan fingerprint density at radius 3 is 2.89 bits per heavy atom. The van der Waals surface area contributed by atoms with Gasteiger partial charge in [-0.3, -0.25) is 9.78 Å². The lowest BCUT2D eigenvalue weighted by Gasteiger charge is -2.06. The third-order valence-electron chi connectivity index (χ3n) is 3.98. The fraction of sp³-hybridized carbons (Fsp3) is 0.333. The molecule has 0 fully saturated rings. The first-order valence-corrected chi connectivity index (χ1v) is 9.70. The van der Waals surface area contributed by atoms with E-state index in [0.717, 1.165) is 34.2 Å². The molecule has 0 unspecified atom stereocenters. The average molecular weight is 386 g/mol. The second-order valence-corrected chi connectivity index (χ2v) is 7.04. The minimum Gasteiger partial charge on any atom is -0.497 e. The number of aromatic amines is 2. The van der Waals surface area contributed by atoms with Crippen LogP contribution in [0.5, 0.6) is 5.75 Å². The number of thioether (sulfide) groups is 1. The Labute approximate surface area is 161 Å². The molecular weight excluding hydrogens is 364 g/mol. The van der Waals surface area contributed by atoms with Gasteiger partial charge in [0, 0.05) is 30.2 Å². The molecule has 0 radical (unpaired) electrons. The average Bonchev–Trinajstić information content (AvgIpc) is 3.08. The van der Waals surface area contributed by atoms with Crippen LogP contribution in [0.25, 0.3) is 0 Å². The van der Waals surface area contributed by atoms with Gasteiger partial charge < -0.3 is 15.0 Å². The summed E-state index contributed by atoms with van der Waals surface area (Å²) in [6, 6.07) is 7.55. The number of aryl methyl sites for hydroxylation is 1. The first-order chi connectivity index (χ1) is 13.2. The molecule has 0 spiro atoms. The van der Waals surface area contributed by atoms with Crippen LogP contribution < -0.4 is 15.6 Å². The summed E-state index contributed by atoms with van der Waals surface area (Å²) in [6.07, 6.45) is 2.11. The largest absolute Gasteiger partial charge is 0.497 e. The number of rotatable bonds is 9. The van der Waals surface area contributed by atoms with Gasteiger partial charge in [0.1, 0.15) is 11.4 Å². The zero-order valence-electron chi connectivity index (χ0n) is 15.3. The van der Waals surface area contributed by atoms with E-state index in [1.807, 2.05) is 31.2 Å². The highest BCUT2D eigenvalue weighted by atomic mass is 32.2. The standard InChI is InChI=1S/C18H22N6O2S/c1-12-16(21-11-20-12)10-27-7-6-19-18-22-17(25)15(23-24-18)9-13-4-3-5-14(8-13)26-2/h3-5,8,11H,6-7,9-10H2,1-2H3,(H,20,21)(H2,19,22,24,25). The van der Waals surface area contributed by atoms with Gasteiger partial charge in [-0.1, -0.05) is 12.1 Å².